The fraction of sp³-hybridized carbons (Fsp3) is 0.375. The zero-order chi connectivity index (χ0) is 106. The molecule has 0 saturated carbocycles. The van der Waals surface area contributed by atoms with Crippen LogP contribution >= 0.6 is 23.5 Å². The zero-order valence-corrected chi connectivity index (χ0v) is 73.9. The van der Waals surface area contributed by atoms with E-state index in [-0.39, 0.29) is 45.5 Å². The minimum Gasteiger partial charge on any atom is -0.378 e. The van der Waals surface area contributed by atoms with Gasteiger partial charge < -0.3 is 18.9 Å². The summed E-state index contributed by atoms with van der Waals surface area (Å²) >= 11 is 3.72. The van der Waals surface area contributed by atoms with E-state index in [0.29, 0.717) is 26.4 Å². The largest absolute Gasteiger partial charge is 2.00 e. The Hall–Kier alpha value is -8.47. The van der Waals surface area contributed by atoms with Gasteiger partial charge in [0.05, 0.1) is 156 Å². The van der Waals surface area contributed by atoms with E-state index in [1.165, 1.54) is 0 Å². The van der Waals surface area contributed by atoms with Gasteiger partial charge in [0.2, 0.25) is 0 Å². The second-order valence-corrected chi connectivity index (χ2v) is 31.1. The van der Waals surface area contributed by atoms with Crippen LogP contribution in [0, 0.1) is 12.1 Å². The first-order valence-electron chi connectivity index (χ1n) is 37.2. The van der Waals surface area contributed by atoms with E-state index in [9.17, 15) is 211 Å². The number of rotatable bonds is 8. The predicted molar refractivity (Wildman–Crippen MR) is 405 cm³/mol. The van der Waals surface area contributed by atoms with Crippen LogP contribution in [0.5, 0.6) is 0 Å². The number of benzene rings is 8. The minimum atomic E-state index is -6.13. The van der Waals surface area contributed by atoms with Crippen LogP contribution < -0.4 is 54.2 Å². The molecule has 0 bridgehead atoms. The Morgan fingerprint density at radius 2 is 0.259 bits per heavy atom. The minimum absolute atomic E-state index is 0. The Bertz CT molecular complexity index is 4260. The fourth-order valence-electron chi connectivity index (χ4n) is 13.5. The maximum absolute atomic E-state index is 14.2. The molecule has 0 amide bonds. The summed E-state index contributed by atoms with van der Waals surface area (Å²) in [5.74, 6) is 4.09. The van der Waals surface area contributed by atoms with E-state index in [2.05, 4.69) is 0 Å². The Kier molecular flexibility index (Phi) is 40.7. The monoisotopic (exact) mass is 2190 g/mol. The van der Waals surface area contributed by atoms with Gasteiger partial charge in [0, 0.05) is 23.0 Å². The number of halogens is 48. The predicted octanol–water partition coefficient (Wildman–Crippen LogP) is 21.1. The summed E-state index contributed by atoms with van der Waals surface area (Å²) in [5, 5.41) is 11.9. The molecule has 0 spiro atoms. The van der Waals surface area contributed by atoms with Crippen LogP contribution in [0.15, 0.2) is 146 Å². The smallest absolute Gasteiger partial charge is 0.378 e. The third-order valence-corrected chi connectivity index (χ3v) is 20.9. The summed E-state index contributed by atoms with van der Waals surface area (Å²) in [6, 6.07) is -13.6. The summed E-state index contributed by atoms with van der Waals surface area (Å²) in [7, 11) is 0. The fourth-order valence-corrected chi connectivity index (χ4v) is 14.8. The van der Waals surface area contributed by atoms with Gasteiger partial charge in [-0.2, -0.15) is 278 Å². The zero-order valence-electron chi connectivity index (χ0n) is 68.8. The summed E-state index contributed by atoms with van der Waals surface area (Å²) < 4.78 is 704. The molecule has 1 aliphatic rings. The summed E-state index contributed by atoms with van der Waals surface area (Å²) in [4.78, 5) is 0. The molecule has 1 saturated heterocycles. The number of hydrogen-bond donors (Lipinski definition) is 2. The molecule has 0 aliphatic carbocycles. The molecular formula is C80H56B2F48N2O4S2Sr+2. The van der Waals surface area contributed by atoms with Gasteiger partial charge in [-0.15, -0.1) is 10.5 Å². The molecule has 2 N–H and O–H groups in total. The van der Waals surface area contributed by atoms with Gasteiger partial charge in [0.1, 0.15) is 12.3 Å². The normalized spacial score (nSPS) is 15.0. The first-order chi connectivity index (χ1) is 62.4. The number of thioether (sulfide) groups is 2. The van der Waals surface area contributed by atoms with Crippen molar-refractivity contribution >= 4 is 125 Å². The first kappa shape index (κ1) is 123. The molecule has 0 atom stereocenters. The van der Waals surface area contributed by atoms with E-state index in [1.54, 1.807) is 13.8 Å². The third-order valence-electron chi connectivity index (χ3n) is 19.1. The topological polar surface area (TPSA) is 84.5 Å². The molecule has 139 heavy (non-hydrogen) atoms. The van der Waals surface area contributed by atoms with Gasteiger partial charge in [0.25, 0.3) is 12.1 Å². The van der Waals surface area contributed by atoms with Crippen molar-refractivity contribution < 1.29 is 240 Å². The van der Waals surface area contributed by atoms with Crippen molar-refractivity contribution in [2.75, 3.05) is 75.9 Å². The second kappa shape index (κ2) is 46.1. The molecule has 0 aromatic heterocycles. The van der Waals surface area contributed by atoms with Gasteiger partial charge in [-0.05, 0) is 48.5 Å². The summed E-state index contributed by atoms with van der Waals surface area (Å²) in [5.41, 5.74) is -60.4. The van der Waals surface area contributed by atoms with E-state index < -0.39 is 389 Å². The maximum atomic E-state index is 14.2. The van der Waals surface area contributed by atoms with Crippen LogP contribution in [-0.2, 0) is 118 Å². The van der Waals surface area contributed by atoms with Crippen LogP contribution in [0.25, 0.3) is 0 Å². The molecule has 1 fully saturated rings. The SMILES string of the molecule is C1COCCSCCOCCOCCSCCO1.CC#[NH+].CC#[NH+].FC(F)(F)c1cc([B-](c2cc(C(F)(F)F)cc(C(F)(F)F)c2)(c2cc(C(F)(F)F)cc(C(F)(F)F)c2)c2cc(C(F)(F)F)cc(C(F)(F)F)c2)cc(C(F)(F)F)c1.FC(F)(F)c1cc([B-](c2cc(C(F)(F)F)cc(C(F)(F)F)c2)(c2cc(C(F)(F)F)cc(C(F)(F)F)c2)c2cc(C(F)(F)F)cc(C(F)(F)F)c2)cc(C(F)(F)F)c1.[Sr+2]. The van der Waals surface area contributed by atoms with E-state index in [0.717, 1.165) is 49.4 Å². The van der Waals surface area contributed by atoms with Crippen molar-refractivity contribution in [1.29, 1.82) is 0 Å². The van der Waals surface area contributed by atoms with E-state index in [4.69, 9.17) is 29.5 Å². The van der Waals surface area contributed by atoms with Crippen LogP contribution in [0.3, 0.4) is 0 Å². The Balaban J connectivity index is 0.000000466. The quantitative estimate of drug-likeness (QED) is 0.116. The van der Waals surface area contributed by atoms with Gasteiger partial charge in [0.15, 0.2) is 0 Å². The molecule has 8 aromatic carbocycles. The van der Waals surface area contributed by atoms with Gasteiger partial charge >= 0.3 is 144 Å². The van der Waals surface area contributed by atoms with Crippen molar-refractivity contribution in [3.8, 4) is 12.1 Å². The van der Waals surface area contributed by atoms with Crippen molar-refractivity contribution in [1.82, 2.24) is 0 Å². The Labute approximate surface area is 796 Å². The number of alkyl halides is 48. The molecule has 8 aromatic rings. The number of nitrogens with one attached hydrogen (secondary N) is 2. The van der Waals surface area contributed by atoms with Gasteiger partial charge in [-0.3, -0.25) is 0 Å². The maximum Gasteiger partial charge on any atom is 2.00 e. The summed E-state index contributed by atoms with van der Waals surface area (Å²) in [6.45, 7) is 9.07. The molecule has 59 heteroatoms. The van der Waals surface area contributed by atoms with E-state index >= 15 is 0 Å². The summed E-state index contributed by atoms with van der Waals surface area (Å²) in [6.07, 6.45) is -110. The standard InChI is InChI=1S/2C32H12BF24.C12H24O4S2.2C2H3N.Sr/c2*34-25(35,36)13-1-14(26(37,38)39)6-21(5-13)33(22-7-15(27(40,41)42)2-16(8-22)28(43,44)45,23-9-17(29(46,47)48)3-18(10-23)30(49,50)51)24-11-19(31(52,53)54)4-20(12-24)32(55,56)57;1-2-14-6-10-18-12-8-16-4-3-15-7-11-17-9-5-13-1;2*1-2-3;/h2*1-12H;1-12H2;2*1H3;/q2*-1;;;;+2/p+2. The van der Waals surface area contributed by atoms with Crippen molar-refractivity contribution in [2.45, 2.75) is 113 Å². The number of ether oxygens (including phenoxy) is 4. The molecule has 0 unspecified atom stereocenters. The Morgan fingerprint density at radius 3 is 0.331 bits per heavy atom. The average Bonchev–Trinajstić information content (AvgIpc) is 0.709. The van der Waals surface area contributed by atoms with Crippen LogP contribution in [0.1, 0.15) is 103 Å². The van der Waals surface area contributed by atoms with E-state index in [1.807, 2.05) is 35.7 Å². The molecule has 6 nitrogen and oxygen atoms in total. The molecular weight excluding hydrogens is 2140 g/mol. The van der Waals surface area contributed by atoms with Crippen molar-refractivity contribution in [2.24, 2.45) is 0 Å². The van der Waals surface area contributed by atoms with Crippen LogP contribution in [-0.4, -0.2) is 134 Å². The molecule has 1 aliphatic heterocycles. The van der Waals surface area contributed by atoms with Gasteiger partial charge in [-0.25, -0.2) is 0 Å². The van der Waals surface area contributed by atoms with Crippen LogP contribution in [0.2, 0.25) is 0 Å². The molecule has 0 radical (unpaired) electrons. The molecule has 9 rings (SSSR count). The van der Waals surface area contributed by atoms with Crippen LogP contribution in [0.4, 0.5) is 211 Å². The number of hydrogen-bond acceptors (Lipinski definition) is 6. The van der Waals surface area contributed by atoms with Crippen molar-refractivity contribution in [3.63, 3.8) is 0 Å². The molecule has 1 heterocycles. The van der Waals surface area contributed by atoms with Gasteiger partial charge in [-0.1, -0.05) is 97.1 Å². The molecule has 764 valence electrons. The third kappa shape index (κ3) is 33.8. The average molecular weight is 2190 g/mol. The van der Waals surface area contributed by atoms with Crippen molar-refractivity contribution in [3.05, 3.63) is 235 Å². The Morgan fingerprint density at radius 1 is 0.180 bits per heavy atom. The first-order valence-corrected chi connectivity index (χ1v) is 39.5. The second-order valence-electron chi connectivity index (χ2n) is 28.6.